The number of fused-ring (bicyclic) bond motifs is 2. The van der Waals surface area contributed by atoms with Crippen LogP contribution in [0.3, 0.4) is 0 Å². The summed E-state index contributed by atoms with van der Waals surface area (Å²) < 4.78 is 0. The van der Waals surface area contributed by atoms with Crippen LogP contribution < -0.4 is 4.90 Å². The van der Waals surface area contributed by atoms with Crippen molar-refractivity contribution in [2.45, 2.75) is 20.4 Å². The Kier molecular flexibility index (Phi) is 5.08. The number of carbonyl (C=O) groups is 2. The van der Waals surface area contributed by atoms with Gasteiger partial charge in [0.2, 0.25) is 5.91 Å². The van der Waals surface area contributed by atoms with Crippen molar-refractivity contribution >= 4 is 41.1 Å². The van der Waals surface area contributed by atoms with E-state index in [0.717, 1.165) is 33.5 Å². The first kappa shape index (κ1) is 19.2. The predicted octanol–water partition coefficient (Wildman–Crippen LogP) is 6.25. The van der Waals surface area contributed by atoms with Crippen LogP contribution in [0.1, 0.15) is 40.9 Å². The molecular weight excluding hydrogens is 382 g/mol. The number of carbonyl (C=O) groups excluding carboxylic acids is 2. The summed E-state index contributed by atoms with van der Waals surface area (Å²) in [5.74, 6) is 0.0294. The smallest absolute Gasteiger partial charge is 0.224 e. The molecule has 0 unspecified atom stereocenters. The Bertz CT molecular complexity index is 1150. The number of ketones is 1. The van der Waals surface area contributed by atoms with E-state index in [2.05, 4.69) is 24.3 Å². The van der Waals surface area contributed by atoms with E-state index >= 15 is 0 Å². The third kappa shape index (κ3) is 3.87. The number of amides is 1. The maximum atomic E-state index is 12.4. The van der Waals surface area contributed by atoms with Gasteiger partial charge in [0.25, 0.3) is 0 Å². The van der Waals surface area contributed by atoms with Crippen LogP contribution in [0.4, 0.5) is 5.69 Å². The lowest BCUT2D eigenvalue weighted by Crippen LogP contribution is -2.29. The number of hydrogen-bond acceptors (Lipinski definition) is 2. The zero-order valence-electron chi connectivity index (χ0n) is 16.3. The van der Waals surface area contributed by atoms with Crippen molar-refractivity contribution in [3.05, 3.63) is 87.9 Å². The highest BCUT2D eigenvalue weighted by Crippen LogP contribution is 2.32. The third-order valence-electron chi connectivity index (χ3n) is 5.20. The second-order valence-corrected chi connectivity index (χ2v) is 7.63. The number of benzene rings is 3. The summed E-state index contributed by atoms with van der Waals surface area (Å²) in [6.45, 7) is 3.62. The van der Waals surface area contributed by atoms with Crippen molar-refractivity contribution in [2.24, 2.45) is 0 Å². The molecule has 0 bridgehead atoms. The zero-order chi connectivity index (χ0) is 20.5. The second-order valence-electron chi connectivity index (χ2n) is 7.19. The molecule has 144 valence electrons. The van der Waals surface area contributed by atoms with Gasteiger partial charge in [-0.25, -0.2) is 0 Å². The molecule has 1 amide bonds. The van der Waals surface area contributed by atoms with Gasteiger partial charge in [0.1, 0.15) is 0 Å². The molecule has 0 aliphatic carbocycles. The van der Waals surface area contributed by atoms with Crippen molar-refractivity contribution < 1.29 is 9.59 Å². The quantitative estimate of drug-likeness (QED) is 0.476. The van der Waals surface area contributed by atoms with Gasteiger partial charge in [0.15, 0.2) is 5.78 Å². The Labute approximate surface area is 175 Å². The second kappa shape index (κ2) is 7.69. The number of Topliss-reactive ketones (excluding diaryl/α,β-unsaturated/α-hetero) is 1. The molecule has 0 radical (unpaired) electrons. The summed E-state index contributed by atoms with van der Waals surface area (Å²) >= 11 is 6.16. The van der Waals surface area contributed by atoms with Gasteiger partial charge in [-0.1, -0.05) is 60.2 Å². The van der Waals surface area contributed by atoms with Crippen LogP contribution in [-0.2, 0) is 11.3 Å². The fourth-order valence-electron chi connectivity index (χ4n) is 3.60. The average Bonchev–Trinajstić information content (AvgIpc) is 2.69. The molecule has 0 fully saturated rings. The normalized spacial score (nSPS) is 12.6. The van der Waals surface area contributed by atoms with E-state index in [0.29, 0.717) is 17.1 Å². The Morgan fingerprint density at radius 2 is 1.52 bits per heavy atom. The molecule has 3 nitrogen and oxygen atoms in total. The van der Waals surface area contributed by atoms with Crippen molar-refractivity contribution in [1.82, 2.24) is 0 Å². The fourth-order valence-corrected chi connectivity index (χ4v) is 3.78. The van der Waals surface area contributed by atoms with E-state index in [-0.39, 0.29) is 11.7 Å². The van der Waals surface area contributed by atoms with E-state index in [1.54, 1.807) is 24.8 Å². The Balaban J connectivity index is 1.78. The minimum absolute atomic E-state index is 0.0222. The Hall–Kier alpha value is -3.17. The summed E-state index contributed by atoms with van der Waals surface area (Å²) in [4.78, 5) is 25.7. The van der Waals surface area contributed by atoms with Crippen molar-refractivity contribution in [2.75, 3.05) is 4.90 Å². The van der Waals surface area contributed by atoms with Crippen LogP contribution in [0.25, 0.3) is 23.3 Å². The van der Waals surface area contributed by atoms with E-state index in [1.165, 1.54) is 0 Å². The van der Waals surface area contributed by atoms with E-state index < -0.39 is 0 Å². The molecule has 1 aliphatic heterocycles. The Morgan fingerprint density at radius 3 is 2.21 bits per heavy atom. The number of nitrogens with zero attached hydrogens (tertiary/aromatic N) is 1. The molecule has 0 atom stereocenters. The van der Waals surface area contributed by atoms with Crippen LogP contribution in [0.2, 0.25) is 5.02 Å². The molecule has 0 aromatic heterocycles. The number of anilines is 1. The zero-order valence-corrected chi connectivity index (χ0v) is 17.0. The lowest BCUT2D eigenvalue weighted by molar-refractivity contribution is -0.116. The molecule has 1 heterocycles. The molecule has 0 N–H and O–H groups in total. The molecule has 4 heteroatoms. The maximum absolute atomic E-state index is 12.4. The van der Waals surface area contributed by atoms with Crippen molar-refractivity contribution in [3.63, 3.8) is 0 Å². The number of hydrogen-bond donors (Lipinski definition) is 0. The van der Waals surface area contributed by atoms with Crippen molar-refractivity contribution in [1.29, 1.82) is 0 Å². The van der Waals surface area contributed by atoms with E-state index in [4.69, 9.17) is 11.6 Å². The van der Waals surface area contributed by atoms with Crippen molar-refractivity contribution in [3.8, 4) is 11.1 Å². The van der Waals surface area contributed by atoms with Crippen LogP contribution in [0.5, 0.6) is 0 Å². The van der Waals surface area contributed by atoms with Gasteiger partial charge in [0.05, 0.1) is 12.2 Å². The van der Waals surface area contributed by atoms with Crippen LogP contribution >= 0.6 is 11.6 Å². The monoisotopic (exact) mass is 401 g/mol. The third-order valence-corrected chi connectivity index (χ3v) is 5.43. The Morgan fingerprint density at radius 1 is 0.828 bits per heavy atom. The lowest BCUT2D eigenvalue weighted by atomic mass is 9.95. The lowest BCUT2D eigenvalue weighted by Gasteiger charge is -2.26. The summed E-state index contributed by atoms with van der Waals surface area (Å²) in [6.07, 6.45) is 4.06. The van der Waals surface area contributed by atoms with E-state index in [9.17, 15) is 9.59 Å². The highest BCUT2D eigenvalue weighted by molar-refractivity contribution is 6.30. The molecule has 4 rings (SSSR count). The van der Waals surface area contributed by atoms with Gasteiger partial charge < -0.3 is 4.90 Å². The SMILES string of the molecule is CC(=O)c1ccc(-c2ccc3c(c2)CN(C(C)=O)c2ccc(Cl)cc2C=C3)cc1. The van der Waals surface area contributed by atoms with Gasteiger partial charge in [-0.3, -0.25) is 9.59 Å². The van der Waals surface area contributed by atoms with Gasteiger partial charge in [0, 0.05) is 17.5 Å². The van der Waals surface area contributed by atoms with Crippen LogP contribution in [-0.4, -0.2) is 11.7 Å². The summed E-state index contributed by atoms with van der Waals surface area (Å²) in [6, 6.07) is 19.4. The summed E-state index contributed by atoms with van der Waals surface area (Å²) in [5, 5.41) is 0.641. The molecule has 3 aromatic rings. The highest BCUT2D eigenvalue weighted by Gasteiger charge is 2.19. The number of halogens is 1. The maximum Gasteiger partial charge on any atom is 0.224 e. The average molecular weight is 402 g/mol. The van der Waals surface area contributed by atoms with Crippen LogP contribution in [0.15, 0.2) is 60.7 Å². The standard InChI is InChI=1S/C25H20ClNO2/c1-16(28)18-3-5-19(6-4-18)21-9-7-20-8-10-22-14-24(26)11-12-25(22)27(17(2)29)15-23(20)13-21/h3-14H,15H2,1-2H3. The molecule has 29 heavy (non-hydrogen) atoms. The molecule has 1 aliphatic rings. The highest BCUT2D eigenvalue weighted by atomic mass is 35.5. The van der Waals surface area contributed by atoms with Gasteiger partial charge in [-0.2, -0.15) is 0 Å². The minimum atomic E-state index is -0.0222. The largest absolute Gasteiger partial charge is 0.308 e. The first-order valence-electron chi connectivity index (χ1n) is 9.42. The first-order valence-corrected chi connectivity index (χ1v) is 9.80. The number of rotatable bonds is 2. The van der Waals surface area contributed by atoms with Gasteiger partial charge in [-0.15, -0.1) is 0 Å². The van der Waals surface area contributed by atoms with E-state index in [1.807, 2.05) is 42.5 Å². The molecule has 0 spiro atoms. The first-order chi connectivity index (χ1) is 13.9. The predicted molar refractivity (Wildman–Crippen MR) is 119 cm³/mol. The van der Waals surface area contributed by atoms with Gasteiger partial charge >= 0.3 is 0 Å². The summed E-state index contributed by atoms with van der Waals surface area (Å²) in [7, 11) is 0. The van der Waals surface area contributed by atoms with Crippen LogP contribution in [0, 0.1) is 0 Å². The molecule has 0 saturated heterocycles. The molecule has 0 saturated carbocycles. The summed E-state index contributed by atoms with van der Waals surface area (Å²) in [5.41, 5.74) is 6.66. The van der Waals surface area contributed by atoms with Gasteiger partial charge in [-0.05, 0) is 59.0 Å². The topological polar surface area (TPSA) is 37.4 Å². The minimum Gasteiger partial charge on any atom is -0.308 e. The fraction of sp³-hybridized carbons (Fsp3) is 0.120. The molecule has 3 aromatic carbocycles. The molecular formula is C25H20ClNO2.